The summed E-state index contributed by atoms with van der Waals surface area (Å²) in [5.74, 6) is -5.76. The van der Waals surface area contributed by atoms with E-state index < -0.39 is 70.8 Å². The highest BCUT2D eigenvalue weighted by Gasteiger charge is 2.72. The number of carbonyl (C=O) groups is 5. The van der Waals surface area contributed by atoms with Crippen LogP contribution in [0.3, 0.4) is 0 Å². The minimum Gasteiger partial charge on any atom is -0.444 e. The maximum atomic E-state index is 12.6. The summed E-state index contributed by atoms with van der Waals surface area (Å²) in [5, 5.41) is 35.1. The molecular formula is C18H24N4O10. The Bertz CT molecular complexity index is 961. The lowest BCUT2D eigenvalue weighted by Gasteiger charge is -2.54. The number of ketones is 3. The maximum absolute atomic E-state index is 12.6. The number of Topliss-reactive ketones (excluding diaryl/α,β-unsaturated/α-hetero) is 3. The molecule has 2 heterocycles. The van der Waals surface area contributed by atoms with E-state index in [4.69, 9.17) is 15.2 Å². The van der Waals surface area contributed by atoms with Crippen molar-refractivity contribution in [3.63, 3.8) is 0 Å². The summed E-state index contributed by atoms with van der Waals surface area (Å²) in [6.45, 7) is 3.52. The number of aliphatic hydroxyl groups excluding tert-OH is 1. The Morgan fingerprint density at radius 1 is 1.16 bits per heavy atom. The fourth-order valence-electron chi connectivity index (χ4n) is 3.59. The van der Waals surface area contributed by atoms with Crippen molar-refractivity contribution < 1.29 is 48.8 Å². The predicted molar refractivity (Wildman–Crippen MR) is 102 cm³/mol. The number of nitrogens with zero attached hydrogens (tertiary/aromatic N) is 1. The van der Waals surface area contributed by atoms with E-state index in [0.717, 1.165) is 34.0 Å². The summed E-state index contributed by atoms with van der Waals surface area (Å²) >= 11 is 0. The number of hydrogen-bond donors (Lipinski definition) is 6. The molecule has 0 bridgehead atoms. The molecular weight excluding hydrogens is 432 g/mol. The first-order valence-electron chi connectivity index (χ1n) is 9.27. The third-order valence-corrected chi connectivity index (χ3v) is 5.21. The lowest BCUT2D eigenvalue weighted by Crippen LogP contribution is -2.84. The van der Waals surface area contributed by atoms with Gasteiger partial charge in [-0.3, -0.25) is 24.0 Å². The minimum absolute atomic E-state index is 0.349. The summed E-state index contributed by atoms with van der Waals surface area (Å²) in [4.78, 5) is 66.4. The van der Waals surface area contributed by atoms with Crippen molar-refractivity contribution in [3.8, 4) is 5.88 Å². The summed E-state index contributed by atoms with van der Waals surface area (Å²) in [6, 6.07) is -1.96. The Labute approximate surface area is 181 Å². The third-order valence-electron chi connectivity index (χ3n) is 5.21. The van der Waals surface area contributed by atoms with Crippen molar-refractivity contribution in [2.75, 3.05) is 0 Å². The molecule has 14 heteroatoms. The van der Waals surface area contributed by atoms with E-state index in [-0.39, 0.29) is 5.69 Å². The fraction of sp³-hybridized carbons (Fsp3) is 0.556. The van der Waals surface area contributed by atoms with Gasteiger partial charge in [-0.05, 0) is 20.8 Å². The number of amides is 2. The average molecular weight is 456 g/mol. The molecule has 1 saturated heterocycles. The lowest BCUT2D eigenvalue weighted by molar-refractivity contribution is -0.307. The number of hydrogen-bond acceptors (Lipinski definition) is 11. The minimum atomic E-state index is -3.19. The molecule has 14 nitrogen and oxygen atoms in total. The molecule has 1 unspecified atom stereocenters. The molecule has 0 aromatic carbocycles. The van der Waals surface area contributed by atoms with Gasteiger partial charge in [-0.2, -0.15) is 0 Å². The van der Waals surface area contributed by atoms with Crippen molar-refractivity contribution in [2.24, 2.45) is 5.73 Å². The zero-order valence-corrected chi connectivity index (χ0v) is 17.6. The normalized spacial score (nSPS) is 30.8. The lowest BCUT2D eigenvalue weighted by atomic mass is 9.66. The van der Waals surface area contributed by atoms with Gasteiger partial charge in [0.05, 0.1) is 6.33 Å². The number of aromatic nitrogens is 2. The monoisotopic (exact) mass is 456 g/mol. The van der Waals surface area contributed by atoms with Crippen LogP contribution in [-0.4, -0.2) is 90.2 Å². The van der Waals surface area contributed by atoms with Crippen LogP contribution in [0.25, 0.3) is 0 Å². The molecule has 0 aliphatic carbocycles. The molecule has 2 rings (SSSR count). The summed E-state index contributed by atoms with van der Waals surface area (Å²) in [6.07, 6.45) is -5.32. The van der Waals surface area contributed by atoms with E-state index in [9.17, 15) is 39.3 Å². The molecule has 7 N–H and O–H groups in total. The Hall–Kier alpha value is -3.20. The Kier molecular flexibility index (Phi) is 6.84. The van der Waals surface area contributed by atoms with Crippen LogP contribution >= 0.6 is 0 Å². The van der Waals surface area contributed by atoms with Gasteiger partial charge in [0.25, 0.3) is 5.91 Å². The van der Waals surface area contributed by atoms with Crippen LogP contribution in [0.1, 0.15) is 38.2 Å². The summed E-state index contributed by atoms with van der Waals surface area (Å²) < 4.78 is 10.9. The number of ether oxygens (including phenoxy) is 2. The van der Waals surface area contributed by atoms with Gasteiger partial charge in [0.2, 0.25) is 18.1 Å². The highest BCUT2D eigenvalue weighted by atomic mass is 16.7. The van der Waals surface area contributed by atoms with E-state index in [1.54, 1.807) is 0 Å². The standard InChI is InChI=1S/C18H24N4O10/c1-6(23)11(27)13-18(30,8(3)25)17(29,7(2)24)12(22-9(4)26)16(31-13)32-15-10(14(19)28)20-5-21-15/h5,11-13,16,27,29-30H,1-4H3,(H2,19,28)(H,20,21)(H,22,26)/t11?,12-,13-,16+,17-,18-/m1/s1. The number of nitrogens with one attached hydrogen (secondary N) is 2. The highest BCUT2D eigenvalue weighted by molar-refractivity contribution is 6.00. The van der Waals surface area contributed by atoms with Gasteiger partial charge in [0, 0.05) is 6.92 Å². The molecule has 0 radical (unpaired) electrons. The van der Waals surface area contributed by atoms with Crippen molar-refractivity contribution in [2.45, 2.75) is 63.4 Å². The van der Waals surface area contributed by atoms with Crippen molar-refractivity contribution >= 4 is 29.2 Å². The third kappa shape index (κ3) is 3.88. The Morgan fingerprint density at radius 3 is 2.16 bits per heavy atom. The molecule has 32 heavy (non-hydrogen) atoms. The zero-order chi connectivity index (χ0) is 24.6. The SMILES string of the molecule is CC(=O)N[C@@H]1[C@H](Oc2nc[nH]c2C(N)=O)O[C@H](C(O)C(C)=O)[C@](O)(C(C)=O)[C@@]1(O)C(C)=O. The van der Waals surface area contributed by atoms with Crippen LogP contribution in [0.5, 0.6) is 5.88 Å². The zero-order valence-electron chi connectivity index (χ0n) is 17.6. The van der Waals surface area contributed by atoms with Crippen LogP contribution in [0.15, 0.2) is 6.33 Å². The van der Waals surface area contributed by atoms with Gasteiger partial charge >= 0.3 is 0 Å². The quantitative estimate of drug-likeness (QED) is 0.227. The molecule has 0 spiro atoms. The maximum Gasteiger partial charge on any atom is 0.270 e. The topological polar surface area (TPSA) is 231 Å². The van der Waals surface area contributed by atoms with Crippen LogP contribution < -0.4 is 15.8 Å². The van der Waals surface area contributed by atoms with E-state index in [1.165, 1.54) is 0 Å². The molecule has 0 saturated carbocycles. The van der Waals surface area contributed by atoms with Crippen molar-refractivity contribution in [1.29, 1.82) is 0 Å². The second kappa shape index (κ2) is 8.74. The molecule has 2 amide bonds. The number of aromatic amines is 1. The van der Waals surface area contributed by atoms with Gasteiger partial charge in [-0.1, -0.05) is 0 Å². The molecule has 1 aliphatic heterocycles. The van der Waals surface area contributed by atoms with E-state index in [1.807, 2.05) is 0 Å². The first kappa shape index (κ1) is 25.1. The van der Waals surface area contributed by atoms with Gasteiger partial charge < -0.3 is 40.8 Å². The molecule has 1 aromatic heterocycles. The second-order valence-corrected chi connectivity index (χ2v) is 7.37. The molecule has 6 atom stereocenters. The predicted octanol–water partition coefficient (Wildman–Crippen LogP) is -3.29. The Morgan fingerprint density at radius 2 is 1.72 bits per heavy atom. The number of rotatable bonds is 8. The number of carbonyl (C=O) groups excluding carboxylic acids is 5. The number of imidazole rings is 1. The van der Waals surface area contributed by atoms with Gasteiger partial charge in [-0.25, -0.2) is 4.98 Å². The van der Waals surface area contributed by atoms with Gasteiger partial charge in [0.15, 0.2) is 34.2 Å². The smallest absolute Gasteiger partial charge is 0.270 e. The number of aliphatic hydroxyl groups is 3. The van der Waals surface area contributed by atoms with E-state index in [0.29, 0.717) is 0 Å². The molecule has 1 fully saturated rings. The van der Waals surface area contributed by atoms with Crippen LogP contribution in [0.4, 0.5) is 0 Å². The largest absolute Gasteiger partial charge is 0.444 e. The van der Waals surface area contributed by atoms with Crippen molar-refractivity contribution in [3.05, 3.63) is 12.0 Å². The van der Waals surface area contributed by atoms with Crippen LogP contribution in [-0.2, 0) is 23.9 Å². The van der Waals surface area contributed by atoms with Gasteiger partial charge in [-0.15, -0.1) is 0 Å². The van der Waals surface area contributed by atoms with Crippen LogP contribution in [0.2, 0.25) is 0 Å². The first-order valence-corrected chi connectivity index (χ1v) is 9.27. The number of nitrogens with two attached hydrogens (primary N) is 1. The molecule has 1 aromatic rings. The molecule has 1 aliphatic rings. The van der Waals surface area contributed by atoms with Crippen molar-refractivity contribution in [1.82, 2.24) is 15.3 Å². The number of H-pyrrole nitrogens is 1. The Balaban J connectivity index is 2.74. The van der Waals surface area contributed by atoms with E-state index in [2.05, 4.69) is 15.3 Å². The fourth-order valence-corrected chi connectivity index (χ4v) is 3.59. The first-order chi connectivity index (χ1) is 14.7. The summed E-state index contributed by atoms with van der Waals surface area (Å²) in [5.41, 5.74) is -1.47. The van der Waals surface area contributed by atoms with Gasteiger partial charge in [0.1, 0.15) is 18.2 Å². The second-order valence-electron chi connectivity index (χ2n) is 7.37. The summed E-state index contributed by atoms with van der Waals surface area (Å²) in [7, 11) is 0. The highest BCUT2D eigenvalue weighted by Crippen LogP contribution is 2.42. The number of primary amides is 1. The van der Waals surface area contributed by atoms with E-state index >= 15 is 0 Å². The average Bonchev–Trinajstić information content (AvgIpc) is 3.14. The van der Waals surface area contributed by atoms with Crippen LogP contribution in [0, 0.1) is 0 Å². The molecule has 176 valence electrons.